The van der Waals surface area contributed by atoms with E-state index in [0.29, 0.717) is 0 Å². The molecule has 0 bridgehead atoms. The number of ketones is 1. The van der Waals surface area contributed by atoms with Crippen LogP contribution in [-0.4, -0.2) is 29.2 Å². The van der Waals surface area contributed by atoms with Gasteiger partial charge in [-0.05, 0) is 32.3 Å². The highest BCUT2D eigenvalue weighted by molar-refractivity contribution is 5.93. The van der Waals surface area contributed by atoms with Gasteiger partial charge in [-0.1, -0.05) is 13.0 Å². The second-order valence-corrected chi connectivity index (χ2v) is 3.61. The molecule has 1 amide bonds. The van der Waals surface area contributed by atoms with E-state index in [1.54, 1.807) is 17.9 Å². The van der Waals surface area contributed by atoms with Gasteiger partial charge in [0.15, 0.2) is 5.78 Å². The summed E-state index contributed by atoms with van der Waals surface area (Å²) in [5, 5.41) is 0. The number of allylic oxidation sites excluding steroid dienone is 1. The number of nitrogens with zero attached hydrogens (tertiary/aromatic N) is 1. The molecule has 1 heterocycles. The lowest BCUT2D eigenvalue weighted by Gasteiger charge is -2.20. The van der Waals surface area contributed by atoms with Crippen LogP contribution in [0, 0.1) is 0 Å². The zero-order chi connectivity index (χ0) is 10.6. The van der Waals surface area contributed by atoms with Gasteiger partial charge in [0.25, 0.3) is 0 Å². The molecular weight excluding hydrogens is 178 g/mol. The molecule has 1 saturated heterocycles. The number of Topliss-reactive ketones (excluding diaryl/α,β-unsaturated/α-hetero) is 1. The van der Waals surface area contributed by atoms with Crippen LogP contribution in [0.5, 0.6) is 0 Å². The average Bonchev–Trinajstić information content (AvgIpc) is 2.62. The molecule has 78 valence electrons. The van der Waals surface area contributed by atoms with E-state index in [9.17, 15) is 9.59 Å². The van der Waals surface area contributed by atoms with Gasteiger partial charge < -0.3 is 4.90 Å². The Hall–Kier alpha value is -1.12. The minimum Gasteiger partial charge on any atom is -0.329 e. The number of likely N-dealkylation sites (tertiary alicyclic amines) is 1. The highest BCUT2D eigenvalue weighted by Crippen LogP contribution is 2.18. The fourth-order valence-electron chi connectivity index (χ4n) is 1.77. The van der Waals surface area contributed by atoms with Crippen molar-refractivity contribution in [2.45, 2.75) is 39.2 Å². The number of amides is 1. The van der Waals surface area contributed by atoms with Crippen LogP contribution in [-0.2, 0) is 9.59 Å². The van der Waals surface area contributed by atoms with Crippen LogP contribution in [0.2, 0.25) is 0 Å². The lowest BCUT2D eigenvalue weighted by atomic mass is 10.1. The summed E-state index contributed by atoms with van der Waals surface area (Å²) < 4.78 is 0. The Bertz CT molecular complexity index is 258. The van der Waals surface area contributed by atoms with Gasteiger partial charge in [-0.2, -0.15) is 0 Å². The molecule has 0 saturated carbocycles. The first-order valence-corrected chi connectivity index (χ1v) is 5.14. The van der Waals surface area contributed by atoms with Crippen molar-refractivity contribution in [3.63, 3.8) is 0 Å². The van der Waals surface area contributed by atoms with E-state index in [1.807, 2.05) is 13.0 Å². The van der Waals surface area contributed by atoms with Crippen LogP contribution >= 0.6 is 0 Å². The van der Waals surface area contributed by atoms with Crippen molar-refractivity contribution in [2.75, 3.05) is 6.54 Å². The van der Waals surface area contributed by atoms with Crippen LogP contribution in [0.3, 0.4) is 0 Å². The van der Waals surface area contributed by atoms with Crippen molar-refractivity contribution < 1.29 is 9.59 Å². The summed E-state index contributed by atoms with van der Waals surface area (Å²) in [6.45, 7) is 4.26. The van der Waals surface area contributed by atoms with Gasteiger partial charge in [-0.3, -0.25) is 9.59 Å². The Kier molecular flexibility index (Phi) is 3.86. The maximum absolute atomic E-state index is 11.6. The first kappa shape index (κ1) is 11.0. The summed E-state index contributed by atoms with van der Waals surface area (Å²) in [5.41, 5.74) is 0. The van der Waals surface area contributed by atoms with E-state index in [1.165, 1.54) is 0 Å². The van der Waals surface area contributed by atoms with E-state index < -0.39 is 0 Å². The molecule has 1 aliphatic rings. The minimum absolute atomic E-state index is 0.0236. The SMILES string of the molecule is CC/C=C/C(=O)N1CCC[C@H]1C(C)=O. The number of hydrogen-bond acceptors (Lipinski definition) is 2. The molecule has 1 aliphatic heterocycles. The normalized spacial score (nSPS) is 21.9. The Balaban J connectivity index is 2.62. The lowest BCUT2D eigenvalue weighted by molar-refractivity contribution is -0.133. The number of rotatable bonds is 3. The zero-order valence-corrected chi connectivity index (χ0v) is 8.82. The molecule has 0 aromatic rings. The van der Waals surface area contributed by atoms with Crippen LogP contribution < -0.4 is 0 Å². The molecule has 0 aliphatic carbocycles. The monoisotopic (exact) mass is 195 g/mol. The molecule has 0 spiro atoms. The van der Waals surface area contributed by atoms with Crippen molar-refractivity contribution >= 4 is 11.7 Å². The Morgan fingerprint density at radius 2 is 2.21 bits per heavy atom. The summed E-state index contributed by atoms with van der Waals surface area (Å²) in [7, 11) is 0. The third-order valence-corrected chi connectivity index (χ3v) is 2.50. The number of carbonyl (C=O) groups is 2. The first-order valence-electron chi connectivity index (χ1n) is 5.14. The highest BCUT2D eigenvalue weighted by Gasteiger charge is 2.30. The smallest absolute Gasteiger partial charge is 0.246 e. The van der Waals surface area contributed by atoms with Gasteiger partial charge in [0.2, 0.25) is 5.91 Å². The second kappa shape index (κ2) is 4.94. The van der Waals surface area contributed by atoms with Gasteiger partial charge in [0, 0.05) is 6.54 Å². The zero-order valence-electron chi connectivity index (χ0n) is 8.82. The molecule has 0 aromatic carbocycles. The Labute approximate surface area is 84.8 Å². The second-order valence-electron chi connectivity index (χ2n) is 3.61. The summed E-state index contributed by atoms with van der Waals surface area (Å²) >= 11 is 0. The lowest BCUT2D eigenvalue weighted by Crippen LogP contribution is -2.38. The molecule has 0 radical (unpaired) electrons. The third-order valence-electron chi connectivity index (χ3n) is 2.50. The average molecular weight is 195 g/mol. The maximum Gasteiger partial charge on any atom is 0.246 e. The van der Waals surface area contributed by atoms with E-state index in [4.69, 9.17) is 0 Å². The van der Waals surface area contributed by atoms with Crippen molar-refractivity contribution in [1.29, 1.82) is 0 Å². The topological polar surface area (TPSA) is 37.4 Å². The quantitative estimate of drug-likeness (QED) is 0.640. The predicted molar refractivity (Wildman–Crippen MR) is 54.8 cm³/mol. The molecule has 1 atom stereocenters. The molecule has 1 rings (SSSR count). The van der Waals surface area contributed by atoms with Gasteiger partial charge in [0.05, 0.1) is 6.04 Å². The summed E-state index contributed by atoms with van der Waals surface area (Å²) in [5.74, 6) is 0.0744. The van der Waals surface area contributed by atoms with Gasteiger partial charge in [0.1, 0.15) is 0 Å². The fourth-order valence-corrected chi connectivity index (χ4v) is 1.77. The van der Waals surface area contributed by atoms with E-state index >= 15 is 0 Å². The molecule has 3 heteroatoms. The molecular formula is C11H17NO2. The molecule has 14 heavy (non-hydrogen) atoms. The van der Waals surface area contributed by atoms with Gasteiger partial charge >= 0.3 is 0 Å². The molecule has 0 N–H and O–H groups in total. The van der Waals surface area contributed by atoms with E-state index in [0.717, 1.165) is 25.8 Å². The van der Waals surface area contributed by atoms with Gasteiger partial charge in [-0.15, -0.1) is 0 Å². The third kappa shape index (κ3) is 2.44. The van der Waals surface area contributed by atoms with Crippen LogP contribution in [0.1, 0.15) is 33.1 Å². The van der Waals surface area contributed by atoms with Gasteiger partial charge in [-0.25, -0.2) is 0 Å². The summed E-state index contributed by atoms with van der Waals surface area (Å²) in [6, 6.07) is -0.177. The Morgan fingerprint density at radius 3 is 2.79 bits per heavy atom. The van der Waals surface area contributed by atoms with Crippen molar-refractivity contribution in [1.82, 2.24) is 4.90 Å². The van der Waals surface area contributed by atoms with Crippen LogP contribution in [0.4, 0.5) is 0 Å². The van der Waals surface area contributed by atoms with Crippen molar-refractivity contribution in [3.05, 3.63) is 12.2 Å². The summed E-state index contributed by atoms with van der Waals surface area (Å²) in [6.07, 6.45) is 6.01. The predicted octanol–water partition coefficient (Wildman–Crippen LogP) is 1.53. The van der Waals surface area contributed by atoms with Crippen LogP contribution in [0.25, 0.3) is 0 Å². The number of hydrogen-bond donors (Lipinski definition) is 0. The minimum atomic E-state index is -0.177. The maximum atomic E-state index is 11.6. The standard InChI is InChI=1S/C11H17NO2/c1-3-4-7-11(14)12-8-5-6-10(12)9(2)13/h4,7,10H,3,5-6,8H2,1-2H3/b7-4+/t10-/m0/s1. The number of carbonyl (C=O) groups excluding carboxylic acids is 2. The largest absolute Gasteiger partial charge is 0.329 e. The van der Waals surface area contributed by atoms with Crippen molar-refractivity contribution in [3.8, 4) is 0 Å². The van der Waals surface area contributed by atoms with Crippen molar-refractivity contribution in [2.24, 2.45) is 0 Å². The molecule has 3 nitrogen and oxygen atoms in total. The van der Waals surface area contributed by atoms with E-state index in [-0.39, 0.29) is 17.7 Å². The summed E-state index contributed by atoms with van der Waals surface area (Å²) in [4.78, 5) is 24.5. The Morgan fingerprint density at radius 1 is 1.50 bits per heavy atom. The molecule has 0 unspecified atom stereocenters. The fraction of sp³-hybridized carbons (Fsp3) is 0.636. The molecule has 0 aromatic heterocycles. The molecule has 1 fully saturated rings. The highest BCUT2D eigenvalue weighted by atomic mass is 16.2. The van der Waals surface area contributed by atoms with E-state index in [2.05, 4.69) is 0 Å². The van der Waals surface area contributed by atoms with Crippen LogP contribution in [0.15, 0.2) is 12.2 Å². The first-order chi connectivity index (χ1) is 6.66.